The standard InChI is InChI=1S/C28H29N3O4S/c1-19-21(7-10-27(29-19)35-23-8-9-25-26(15-23)34-18-33-25)16-30-13-11-22(12-14-30)31-24(17-32-28(31)36)20-5-3-2-4-6-20/h2-10,15,22,24H,11-14,16-18H2,1H3/t24-/m0/s1. The number of thiocarbonyl (C=S) groups is 1. The lowest BCUT2D eigenvalue weighted by atomic mass is 9.99. The van der Waals surface area contributed by atoms with Crippen LogP contribution in [0.4, 0.5) is 0 Å². The average Bonchev–Trinajstić information content (AvgIpc) is 3.53. The van der Waals surface area contributed by atoms with Gasteiger partial charge >= 0.3 is 0 Å². The lowest BCUT2D eigenvalue weighted by Gasteiger charge is -2.39. The van der Waals surface area contributed by atoms with Crippen molar-refractivity contribution in [2.75, 3.05) is 26.5 Å². The number of aryl methyl sites for hydroxylation is 1. The lowest BCUT2D eigenvalue weighted by molar-refractivity contribution is 0.135. The highest BCUT2D eigenvalue weighted by atomic mass is 32.1. The predicted octanol–water partition coefficient (Wildman–Crippen LogP) is 5.23. The van der Waals surface area contributed by atoms with Crippen LogP contribution in [0.15, 0.2) is 60.7 Å². The summed E-state index contributed by atoms with van der Waals surface area (Å²) in [7, 11) is 0. The first-order chi connectivity index (χ1) is 17.6. The normalized spacial score (nSPS) is 20.0. The van der Waals surface area contributed by atoms with Gasteiger partial charge in [0.05, 0.1) is 6.04 Å². The fraction of sp³-hybridized carbons (Fsp3) is 0.357. The zero-order valence-electron chi connectivity index (χ0n) is 20.3. The van der Waals surface area contributed by atoms with E-state index in [1.54, 1.807) is 0 Å². The molecule has 0 bridgehead atoms. The van der Waals surface area contributed by atoms with E-state index < -0.39 is 0 Å². The first-order valence-electron chi connectivity index (χ1n) is 12.4. The smallest absolute Gasteiger partial charge is 0.260 e. The number of pyridine rings is 1. The third kappa shape index (κ3) is 4.70. The van der Waals surface area contributed by atoms with Gasteiger partial charge in [0.15, 0.2) is 11.5 Å². The number of hydrogen-bond acceptors (Lipinski definition) is 7. The van der Waals surface area contributed by atoms with Crippen molar-refractivity contribution in [1.29, 1.82) is 0 Å². The van der Waals surface area contributed by atoms with E-state index in [0.29, 0.717) is 35.2 Å². The van der Waals surface area contributed by atoms with Crippen molar-refractivity contribution in [2.45, 2.75) is 38.4 Å². The van der Waals surface area contributed by atoms with E-state index >= 15 is 0 Å². The second-order valence-corrected chi connectivity index (χ2v) is 9.78. The van der Waals surface area contributed by atoms with Gasteiger partial charge in [0.2, 0.25) is 12.7 Å². The summed E-state index contributed by atoms with van der Waals surface area (Å²) in [4.78, 5) is 9.52. The number of nitrogens with zero attached hydrogens (tertiary/aromatic N) is 3. The van der Waals surface area contributed by atoms with Crippen LogP contribution in [0.3, 0.4) is 0 Å². The van der Waals surface area contributed by atoms with Gasteiger partial charge in [-0.3, -0.25) is 4.90 Å². The molecule has 7 nitrogen and oxygen atoms in total. The van der Waals surface area contributed by atoms with Gasteiger partial charge in [0.25, 0.3) is 5.17 Å². The Morgan fingerprint density at radius 1 is 0.972 bits per heavy atom. The van der Waals surface area contributed by atoms with Crippen LogP contribution >= 0.6 is 12.2 Å². The molecule has 3 aliphatic heterocycles. The minimum Gasteiger partial charge on any atom is -0.468 e. The van der Waals surface area contributed by atoms with Gasteiger partial charge in [0, 0.05) is 43.5 Å². The quantitative estimate of drug-likeness (QED) is 0.424. The monoisotopic (exact) mass is 503 g/mol. The molecule has 0 N–H and O–H groups in total. The van der Waals surface area contributed by atoms with Crippen molar-refractivity contribution in [2.24, 2.45) is 0 Å². The predicted molar refractivity (Wildman–Crippen MR) is 139 cm³/mol. The molecule has 6 rings (SSSR count). The van der Waals surface area contributed by atoms with E-state index in [-0.39, 0.29) is 12.8 Å². The van der Waals surface area contributed by atoms with Crippen molar-refractivity contribution < 1.29 is 18.9 Å². The van der Waals surface area contributed by atoms with Crippen LogP contribution in [0, 0.1) is 6.92 Å². The zero-order valence-corrected chi connectivity index (χ0v) is 21.1. The summed E-state index contributed by atoms with van der Waals surface area (Å²) in [6.07, 6.45) is 2.12. The Kier molecular flexibility index (Phi) is 6.37. The largest absolute Gasteiger partial charge is 0.468 e. The first-order valence-corrected chi connectivity index (χ1v) is 12.8. The van der Waals surface area contributed by atoms with Gasteiger partial charge in [-0.2, -0.15) is 0 Å². The molecular formula is C28H29N3O4S. The molecule has 0 unspecified atom stereocenters. The molecule has 3 aromatic rings. The highest BCUT2D eigenvalue weighted by Crippen LogP contribution is 2.37. The van der Waals surface area contributed by atoms with E-state index in [1.807, 2.05) is 37.3 Å². The van der Waals surface area contributed by atoms with Gasteiger partial charge in [-0.15, -0.1) is 0 Å². The van der Waals surface area contributed by atoms with Gasteiger partial charge in [-0.05, 0) is 55.2 Å². The minimum absolute atomic E-state index is 0.207. The van der Waals surface area contributed by atoms with Crippen molar-refractivity contribution in [3.05, 3.63) is 77.5 Å². The van der Waals surface area contributed by atoms with Gasteiger partial charge < -0.3 is 23.8 Å². The maximum Gasteiger partial charge on any atom is 0.260 e. The molecule has 2 saturated heterocycles. The first kappa shape index (κ1) is 23.1. The Morgan fingerprint density at radius 2 is 1.78 bits per heavy atom. The zero-order chi connectivity index (χ0) is 24.5. The lowest BCUT2D eigenvalue weighted by Crippen LogP contribution is -2.45. The minimum atomic E-state index is 0.207. The summed E-state index contributed by atoms with van der Waals surface area (Å²) in [5.41, 5.74) is 3.46. The summed E-state index contributed by atoms with van der Waals surface area (Å²) in [6, 6.07) is 20.8. The van der Waals surface area contributed by atoms with Crippen LogP contribution in [0.2, 0.25) is 0 Å². The van der Waals surface area contributed by atoms with Crippen molar-refractivity contribution in [3.63, 3.8) is 0 Å². The summed E-state index contributed by atoms with van der Waals surface area (Å²) in [5.74, 6) is 2.68. The maximum absolute atomic E-state index is 5.97. The van der Waals surface area contributed by atoms with Gasteiger partial charge in [0.1, 0.15) is 12.4 Å². The van der Waals surface area contributed by atoms with Gasteiger partial charge in [-0.1, -0.05) is 36.4 Å². The molecule has 2 aromatic carbocycles. The number of fused-ring (bicyclic) bond motifs is 1. The van der Waals surface area contributed by atoms with Gasteiger partial charge in [-0.25, -0.2) is 4.98 Å². The highest BCUT2D eigenvalue weighted by Gasteiger charge is 2.37. The number of likely N-dealkylation sites (tertiary alicyclic amines) is 1. The average molecular weight is 504 g/mol. The van der Waals surface area contributed by atoms with E-state index in [1.165, 1.54) is 11.1 Å². The molecule has 2 fully saturated rings. The molecule has 4 heterocycles. The van der Waals surface area contributed by atoms with E-state index in [4.69, 9.17) is 36.1 Å². The third-order valence-electron chi connectivity index (χ3n) is 7.18. The summed E-state index contributed by atoms with van der Waals surface area (Å²) in [6.45, 7) is 5.82. The van der Waals surface area contributed by atoms with Crippen LogP contribution in [-0.4, -0.2) is 52.5 Å². The Labute approximate surface area is 216 Å². The Bertz CT molecular complexity index is 1250. The molecule has 36 heavy (non-hydrogen) atoms. The number of hydrogen-bond donors (Lipinski definition) is 0. The number of benzene rings is 2. The molecule has 0 radical (unpaired) electrons. The second-order valence-electron chi connectivity index (χ2n) is 9.43. The molecule has 0 aliphatic carbocycles. The van der Waals surface area contributed by atoms with Crippen molar-refractivity contribution in [1.82, 2.24) is 14.8 Å². The second kappa shape index (κ2) is 9.95. The van der Waals surface area contributed by atoms with Crippen LogP contribution in [0.25, 0.3) is 0 Å². The Balaban J connectivity index is 1.06. The molecule has 0 amide bonds. The number of rotatable bonds is 6. The van der Waals surface area contributed by atoms with Crippen molar-refractivity contribution >= 4 is 17.4 Å². The van der Waals surface area contributed by atoms with E-state index in [0.717, 1.165) is 43.9 Å². The van der Waals surface area contributed by atoms with E-state index in [9.17, 15) is 0 Å². The van der Waals surface area contributed by atoms with Crippen LogP contribution in [0.1, 0.15) is 35.7 Å². The molecule has 0 saturated carbocycles. The molecule has 1 aromatic heterocycles. The van der Waals surface area contributed by atoms with Crippen molar-refractivity contribution in [3.8, 4) is 23.1 Å². The molecule has 0 spiro atoms. The third-order valence-corrected chi connectivity index (χ3v) is 7.50. The highest BCUT2D eigenvalue weighted by molar-refractivity contribution is 7.80. The Hall–Kier alpha value is -3.36. The van der Waals surface area contributed by atoms with E-state index in [2.05, 4.69) is 40.1 Å². The summed E-state index contributed by atoms with van der Waals surface area (Å²) < 4.78 is 22.6. The summed E-state index contributed by atoms with van der Waals surface area (Å²) in [5, 5.41) is 0.639. The molecule has 1 atom stereocenters. The van der Waals surface area contributed by atoms with Crippen LogP contribution in [0.5, 0.6) is 23.1 Å². The number of ether oxygens (including phenoxy) is 4. The number of aromatic nitrogens is 1. The summed E-state index contributed by atoms with van der Waals surface area (Å²) >= 11 is 5.59. The van der Waals surface area contributed by atoms with Crippen LogP contribution in [-0.2, 0) is 11.3 Å². The topological polar surface area (TPSA) is 56.3 Å². The molecule has 8 heteroatoms. The SMILES string of the molecule is Cc1nc(Oc2ccc3c(c2)OCO3)ccc1CN1CCC(N2C(=S)OC[C@H]2c2ccccc2)CC1. The molecular weight excluding hydrogens is 474 g/mol. The fourth-order valence-corrected chi connectivity index (χ4v) is 5.56. The Morgan fingerprint density at radius 3 is 2.58 bits per heavy atom. The molecule has 186 valence electrons. The van der Waals surface area contributed by atoms with Crippen LogP contribution < -0.4 is 14.2 Å². The number of piperidine rings is 1. The maximum atomic E-state index is 5.97. The molecule has 3 aliphatic rings. The fourth-order valence-electron chi connectivity index (χ4n) is 5.22.